The van der Waals surface area contributed by atoms with Crippen molar-refractivity contribution in [3.05, 3.63) is 41.7 Å². The molecule has 1 aromatic heterocycles. The number of likely N-dealkylation sites (N-methyl/N-ethyl adjacent to an activating group) is 1. The summed E-state index contributed by atoms with van der Waals surface area (Å²) in [6, 6.07) is 8.08. The number of rotatable bonds is 8. The Hall–Kier alpha value is -2.45. The number of benzene rings is 1. The van der Waals surface area contributed by atoms with E-state index in [4.69, 9.17) is 4.74 Å². The van der Waals surface area contributed by atoms with Crippen LogP contribution in [0.2, 0.25) is 0 Å². The molecule has 2 aromatic rings. The standard InChI is InChI=1S/C19H28N6O2/c1-24(2)10-11-27-17-5-3-4-15(12-17)13-21-19(26)18-14-25(23-22-18)16-6-8-20-9-7-16/h3-5,12,14,16,20H,6-11,13H2,1-2H3,(H,21,26). The maximum atomic E-state index is 12.4. The van der Waals surface area contributed by atoms with Crippen LogP contribution < -0.4 is 15.4 Å². The van der Waals surface area contributed by atoms with Crippen molar-refractivity contribution in [3.63, 3.8) is 0 Å². The SMILES string of the molecule is CN(C)CCOc1cccc(CNC(=O)c2cn(C3CCNCC3)nn2)c1. The number of carbonyl (C=O) groups is 1. The van der Waals surface area contributed by atoms with Crippen molar-refractivity contribution in [1.82, 2.24) is 30.5 Å². The van der Waals surface area contributed by atoms with E-state index in [2.05, 4.69) is 25.8 Å². The van der Waals surface area contributed by atoms with Gasteiger partial charge in [0.25, 0.3) is 5.91 Å². The molecular formula is C19H28N6O2. The lowest BCUT2D eigenvalue weighted by Gasteiger charge is -2.22. The molecule has 0 bridgehead atoms. The molecule has 1 aliphatic heterocycles. The summed E-state index contributed by atoms with van der Waals surface area (Å²) in [4.78, 5) is 14.4. The smallest absolute Gasteiger partial charge is 0.273 e. The Bertz CT molecular complexity index is 739. The van der Waals surface area contributed by atoms with Crippen LogP contribution in [0.4, 0.5) is 0 Å². The summed E-state index contributed by atoms with van der Waals surface area (Å²) in [6.45, 7) is 3.85. The van der Waals surface area contributed by atoms with Crippen LogP contribution >= 0.6 is 0 Å². The van der Waals surface area contributed by atoms with Gasteiger partial charge in [-0.25, -0.2) is 4.68 Å². The van der Waals surface area contributed by atoms with E-state index in [1.807, 2.05) is 43.0 Å². The quantitative estimate of drug-likeness (QED) is 0.721. The Kier molecular flexibility index (Phi) is 6.78. The molecule has 0 radical (unpaired) electrons. The number of hydrogen-bond donors (Lipinski definition) is 2. The third-order valence-corrected chi connectivity index (χ3v) is 4.58. The number of ether oxygens (including phenoxy) is 1. The highest BCUT2D eigenvalue weighted by atomic mass is 16.5. The maximum Gasteiger partial charge on any atom is 0.273 e. The topological polar surface area (TPSA) is 84.3 Å². The first kappa shape index (κ1) is 19.3. The van der Waals surface area contributed by atoms with Gasteiger partial charge in [0.1, 0.15) is 12.4 Å². The van der Waals surface area contributed by atoms with Crippen LogP contribution in [0.1, 0.15) is 34.9 Å². The second kappa shape index (κ2) is 9.48. The molecular weight excluding hydrogens is 344 g/mol. The lowest BCUT2D eigenvalue weighted by Crippen LogP contribution is -2.29. The summed E-state index contributed by atoms with van der Waals surface area (Å²) in [5, 5.41) is 14.4. The molecule has 8 heteroatoms. The number of piperidine rings is 1. The van der Waals surface area contributed by atoms with Crippen molar-refractivity contribution in [3.8, 4) is 5.75 Å². The van der Waals surface area contributed by atoms with Crippen LogP contribution in [-0.4, -0.2) is 66.1 Å². The first-order valence-electron chi connectivity index (χ1n) is 9.39. The summed E-state index contributed by atoms with van der Waals surface area (Å²) in [5.74, 6) is 0.592. The monoisotopic (exact) mass is 372 g/mol. The van der Waals surface area contributed by atoms with Gasteiger partial charge >= 0.3 is 0 Å². The summed E-state index contributed by atoms with van der Waals surface area (Å²) >= 11 is 0. The zero-order valence-corrected chi connectivity index (χ0v) is 16.0. The van der Waals surface area contributed by atoms with Gasteiger partial charge in [0, 0.05) is 13.1 Å². The van der Waals surface area contributed by atoms with Gasteiger partial charge in [0.15, 0.2) is 5.69 Å². The minimum absolute atomic E-state index is 0.214. The van der Waals surface area contributed by atoms with Crippen molar-refractivity contribution in [2.24, 2.45) is 0 Å². The fourth-order valence-electron chi connectivity index (χ4n) is 2.99. The van der Waals surface area contributed by atoms with Crippen molar-refractivity contribution in [1.29, 1.82) is 0 Å². The van der Waals surface area contributed by atoms with Crippen LogP contribution in [-0.2, 0) is 6.54 Å². The number of hydrogen-bond acceptors (Lipinski definition) is 6. The first-order valence-corrected chi connectivity index (χ1v) is 9.39. The van der Waals surface area contributed by atoms with Crippen LogP contribution in [0.3, 0.4) is 0 Å². The molecule has 146 valence electrons. The van der Waals surface area contributed by atoms with Gasteiger partial charge in [-0.15, -0.1) is 5.10 Å². The molecule has 1 aliphatic rings. The van der Waals surface area contributed by atoms with E-state index in [0.717, 1.165) is 43.8 Å². The molecule has 3 rings (SSSR count). The summed E-state index contributed by atoms with van der Waals surface area (Å²) in [6.07, 6.45) is 3.75. The molecule has 8 nitrogen and oxygen atoms in total. The zero-order chi connectivity index (χ0) is 19.1. The van der Waals surface area contributed by atoms with E-state index >= 15 is 0 Å². The van der Waals surface area contributed by atoms with Gasteiger partial charge < -0.3 is 20.3 Å². The molecule has 0 aliphatic carbocycles. The fourth-order valence-corrected chi connectivity index (χ4v) is 2.99. The number of nitrogens with one attached hydrogen (secondary N) is 2. The third kappa shape index (κ3) is 5.77. The number of aromatic nitrogens is 3. The lowest BCUT2D eigenvalue weighted by atomic mass is 10.1. The highest BCUT2D eigenvalue weighted by Crippen LogP contribution is 2.17. The van der Waals surface area contributed by atoms with E-state index in [0.29, 0.717) is 24.9 Å². The van der Waals surface area contributed by atoms with Crippen molar-refractivity contribution < 1.29 is 9.53 Å². The zero-order valence-electron chi connectivity index (χ0n) is 16.0. The van der Waals surface area contributed by atoms with Crippen LogP contribution in [0.15, 0.2) is 30.5 Å². The largest absolute Gasteiger partial charge is 0.492 e. The van der Waals surface area contributed by atoms with Crippen LogP contribution in [0.25, 0.3) is 0 Å². The van der Waals surface area contributed by atoms with Gasteiger partial charge in [0.05, 0.1) is 12.2 Å². The molecule has 1 fully saturated rings. The van der Waals surface area contributed by atoms with E-state index < -0.39 is 0 Å². The summed E-state index contributed by atoms with van der Waals surface area (Å²) in [5.41, 5.74) is 1.34. The maximum absolute atomic E-state index is 12.4. The minimum Gasteiger partial charge on any atom is -0.492 e. The normalized spacial score (nSPS) is 15.1. The van der Waals surface area contributed by atoms with E-state index in [9.17, 15) is 4.79 Å². The van der Waals surface area contributed by atoms with Crippen molar-refractivity contribution in [2.75, 3.05) is 40.3 Å². The molecule has 0 saturated carbocycles. The van der Waals surface area contributed by atoms with Gasteiger partial charge in [-0.2, -0.15) is 0 Å². The number of carbonyl (C=O) groups excluding carboxylic acids is 1. The minimum atomic E-state index is -0.214. The summed E-state index contributed by atoms with van der Waals surface area (Å²) in [7, 11) is 4.02. The molecule has 0 atom stereocenters. The van der Waals surface area contributed by atoms with Crippen molar-refractivity contribution >= 4 is 5.91 Å². The average Bonchev–Trinajstić information content (AvgIpc) is 3.17. The highest BCUT2D eigenvalue weighted by molar-refractivity contribution is 5.91. The molecule has 1 amide bonds. The molecule has 2 heterocycles. The molecule has 1 saturated heterocycles. The number of amides is 1. The molecule has 0 spiro atoms. The van der Waals surface area contributed by atoms with E-state index in [1.54, 1.807) is 6.20 Å². The molecule has 27 heavy (non-hydrogen) atoms. The summed E-state index contributed by atoms with van der Waals surface area (Å²) < 4.78 is 7.55. The second-order valence-corrected chi connectivity index (χ2v) is 7.05. The van der Waals surface area contributed by atoms with Gasteiger partial charge in [0.2, 0.25) is 0 Å². The van der Waals surface area contributed by atoms with Gasteiger partial charge in [-0.1, -0.05) is 17.3 Å². The average molecular weight is 372 g/mol. The predicted molar refractivity (Wildman–Crippen MR) is 103 cm³/mol. The molecule has 2 N–H and O–H groups in total. The van der Waals surface area contributed by atoms with Gasteiger partial charge in [-0.05, 0) is 57.7 Å². The Morgan fingerprint density at radius 3 is 2.96 bits per heavy atom. The highest BCUT2D eigenvalue weighted by Gasteiger charge is 2.18. The van der Waals surface area contributed by atoms with Gasteiger partial charge in [-0.3, -0.25) is 4.79 Å². The van der Waals surface area contributed by atoms with E-state index in [-0.39, 0.29) is 5.91 Å². The lowest BCUT2D eigenvalue weighted by molar-refractivity contribution is 0.0945. The number of nitrogens with zero attached hydrogens (tertiary/aromatic N) is 4. The Morgan fingerprint density at radius 1 is 1.37 bits per heavy atom. The first-order chi connectivity index (χ1) is 13.1. The van der Waals surface area contributed by atoms with Crippen LogP contribution in [0.5, 0.6) is 5.75 Å². The fraction of sp³-hybridized carbons (Fsp3) is 0.526. The molecule has 1 aromatic carbocycles. The third-order valence-electron chi connectivity index (χ3n) is 4.58. The van der Waals surface area contributed by atoms with Crippen LogP contribution in [0, 0.1) is 0 Å². The Morgan fingerprint density at radius 2 is 2.19 bits per heavy atom. The Labute approximate surface area is 159 Å². The predicted octanol–water partition coefficient (Wildman–Crippen LogP) is 1.07. The van der Waals surface area contributed by atoms with Crippen molar-refractivity contribution in [2.45, 2.75) is 25.4 Å². The molecule has 0 unspecified atom stereocenters. The Balaban J connectivity index is 1.51. The second-order valence-electron chi connectivity index (χ2n) is 7.05. The van der Waals surface area contributed by atoms with E-state index in [1.165, 1.54) is 0 Å².